The van der Waals surface area contributed by atoms with E-state index in [2.05, 4.69) is 20.3 Å². The highest BCUT2D eigenvalue weighted by atomic mass is 32.1. The first-order valence-electron chi connectivity index (χ1n) is 10.3. The van der Waals surface area contributed by atoms with Gasteiger partial charge >= 0.3 is 6.18 Å². The zero-order chi connectivity index (χ0) is 24.6. The van der Waals surface area contributed by atoms with E-state index in [0.29, 0.717) is 16.1 Å². The van der Waals surface area contributed by atoms with Gasteiger partial charge in [-0.15, -0.1) is 11.3 Å². The Balaban J connectivity index is 1.59. The number of carbonyl (C=O) groups excluding carboxylic acids is 2. The fourth-order valence-electron chi connectivity index (χ4n) is 3.37. The number of amides is 2. The van der Waals surface area contributed by atoms with E-state index in [4.69, 9.17) is 0 Å². The van der Waals surface area contributed by atoms with E-state index in [1.165, 1.54) is 22.3 Å². The third kappa shape index (κ3) is 5.07. The van der Waals surface area contributed by atoms with Crippen molar-refractivity contribution in [3.63, 3.8) is 0 Å². The van der Waals surface area contributed by atoms with Crippen LogP contribution in [0.3, 0.4) is 0 Å². The summed E-state index contributed by atoms with van der Waals surface area (Å²) in [6.45, 7) is 3.91. The van der Waals surface area contributed by atoms with Gasteiger partial charge in [0.15, 0.2) is 0 Å². The SMILES string of the molecule is Cc1cnc(-c2cc(C(=O)NC(C)c3cnc(C(F)(F)F)nc3)cc(C(=O)N3CC(O)C3)c2)s1. The summed E-state index contributed by atoms with van der Waals surface area (Å²) in [7, 11) is 0. The molecule has 0 spiro atoms. The minimum atomic E-state index is -4.66. The van der Waals surface area contributed by atoms with Crippen molar-refractivity contribution in [2.45, 2.75) is 32.2 Å². The van der Waals surface area contributed by atoms with Gasteiger partial charge in [-0.25, -0.2) is 15.0 Å². The van der Waals surface area contributed by atoms with E-state index in [-0.39, 0.29) is 30.1 Å². The summed E-state index contributed by atoms with van der Waals surface area (Å²) >= 11 is 1.41. The first-order chi connectivity index (χ1) is 16.0. The average Bonchev–Trinajstić information content (AvgIpc) is 3.22. The topological polar surface area (TPSA) is 108 Å². The van der Waals surface area contributed by atoms with Gasteiger partial charge in [-0.1, -0.05) is 0 Å². The van der Waals surface area contributed by atoms with Crippen molar-refractivity contribution in [1.29, 1.82) is 0 Å². The lowest BCUT2D eigenvalue weighted by Gasteiger charge is -2.36. The van der Waals surface area contributed by atoms with Crippen molar-refractivity contribution < 1.29 is 27.9 Å². The molecule has 1 fully saturated rings. The molecule has 12 heteroatoms. The van der Waals surface area contributed by atoms with Crippen molar-refractivity contribution in [3.05, 3.63) is 64.2 Å². The molecule has 0 bridgehead atoms. The van der Waals surface area contributed by atoms with E-state index in [9.17, 15) is 27.9 Å². The molecule has 0 aliphatic carbocycles. The molecular formula is C22H20F3N5O3S. The molecule has 2 aromatic heterocycles. The van der Waals surface area contributed by atoms with Crippen LogP contribution >= 0.6 is 11.3 Å². The number of hydrogen-bond acceptors (Lipinski definition) is 7. The number of thiazole rings is 1. The average molecular weight is 491 g/mol. The normalized spacial score (nSPS) is 15.1. The van der Waals surface area contributed by atoms with Gasteiger partial charge in [-0.2, -0.15) is 13.2 Å². The summed E-state index contributed by atoms with van der Waals surface area (Å²) in [5.74, 6) is -2.11. The number of nitrogens with one attached hydrogen (secondary N) is 1. The molecule has 178 valence electrons. The number of halogens is 3. The maximum atomic E-state index is 13.0. The molecule has 4 rings (SSSR count). The highest BCUT2D eigenvalue weighted by Crippen LogP contribution is 2.29. The fraction of sp³-hybridized carbons (Fsp3) is 0.318. The molecule has 0 radical (unpaired) electrons. The van der Waals surface area contributed by atoms with Crippen molar-refractivity contribution >= 4 is 23.2 Å². The van der Waals surface area contributed by atoms with Gasteiger partial charge in [0.25, 0.3) is 11.8 Å². The molecule has 2 amide bonds. The van der Waals surface area contributed by atoms with E-state index >= 15 is 0 Å². The molecule has 3 aromatic rings. The van der Waals surface area contributed by atoms with Crippen molar-refractivity contribution in [1.82, 2.24) is 25.2 Å². The molecule has 0 saturated carbocycles. The number of likely N-dealkylation sites (tertiary alicyclic amines) is 1. The van der Waals surface area contributed by atoms with Gasteiger partial charge in [0.1, 0.15) is 5.01 Å². The van der Waals surface area contributed by atoms with Gasteiger partial charge in [0, 0.05) is 58.8 Å². The lowest BCUT2D eigenvalue weighted by atomic mass is 10.0. The Kier molecular flexibility index (Phi) is 6.36. The molecule has 1 aromatic carbocycles. The van der Waals surface area contributed by atoms with Crippen LogP contribution in [0.25, 0.3) is 10.6 Å². The first-order valence-corrected chi connectivity index (χ1v) is 11.1. The molecule has 8 nitrogen and oxygen atoms in total. The third-order valence-corrected chi connectivity index (χ3v) is 6.19. The number of carbonyl (C=O) groups is 2. The number of alkyl halides is 3. The van der Waals surface area contributed by atoms with Crippen molar-refractivity contribution in [2.24, 2.45) is 0 Å². The monoisotopic (exact) mass is 491 g/mol. The molecule has 34 heavy (non-hydrogen) atoms. The second-order valence-electron chi connectivity index (χ2n) is 7.97. The number of aliphatic hydroxyl groups excluding tert-OH is 1. The highest BCUT2D eigenvalue weighted by Gasteiger charge is 2.34. The summed E-state index contributed by atoms with van der Waals surface area (Å²) in [4.78, 5) is 39.3. The lowest BCUT2D eigenvalue weighted by molar-refractivity contribution is -0.145. The maximum Gasteiger partial charge on any atom is 0.451 e. The van der Waals surface area contributed by atoms with E-state index in [1.807, 2.05) is 6.92 Å². The third-order valence-electron chi connectivity index (χ3n) is 5.23. The number of aliphatic hydroxyl groups is 1. The highest BCUT2D eigenvalue weighted by molar-refractivity contribution is 7.14. The van der Waals surface area contributed by atoms with Crippen molar-refractivity contribution in [2.75, 3.05) is 13.1 Å². The largest absolute Gasteiger partial charge is 0.451 e. The maximum absolute atomic E-state index is 13.0. The molecule has 1 saturated heterocycles. The second kappa shape index (κ2) is 9.11. The smallest absolute Gasteiger partial charge is 0.389 e. The molecule has 2 N–H and O–H groups in total. The predicted molar refractivity (Wildman–Crippen MR) is 117 cm³/mol. The van der Waals surface area contributed by atoms with Crippen LogP contribution in [-0.2, 0) is 6.18 Å². The lowest BCUT2D eigenvalue weighted by Crippen LogP contribution is -2.53. The predicted octanol–water partition coefficient (Wildman–Crippen LogP) is 3.24. The van der Waals surface area contributed by atoms with E-state index in [0.717, 1.165) is 17.3 Å². The number of hydrogen-bond donors (Lipinski definition) is 2. The number of nitrogens with zero attached hydrogens (tertiary/aromatic N) is 4. The zero-order valence-electron chi connectivity index (χ0n) is 18.1. The Morgan fingerprint density at radius 2 is 1.76 bits per heavy atom. The van der Waals surface area contributed by atoms with Crippen molar-refractivity contribution in [3.8, 4) is 10.6 Å². The minimum absolute atomic E-state index is 0.189. The first kappa shape index (κ1) is 23.8. The number of aryl methyl sites for hydroxylation is 1. The quantitative estimate of drug-likeness (QED) is 0.567. The number of aromatic nitrogens is 3. The van der Waals surface area contributed by atoms with Gasteiger partial charge < -0.3 is 15.3 Å². The second-order valence-corrected chi connectivity index (χ2v) is 9.21. The molecule has 3 heterocycles. The summed E-state index contributed by atoms with van der Waals surface area (Å²) in [5, 5.41) is 12.9. The number of β-amino-alcohol motifs (C(OH)–C–C–N with tert-alkyl or cyclic N) is 1. The Hall–Kier alpha value is -3.38. The standard InChI is InChI=1S/C22H20F3N5O3S/c1-11-6-26-19(34-11)14-3-13(4-15(5-14)20(33)30-9-17(31)10-30)18(32)29-12(2)16-7-27-21(28-8-16)22(23,24)25/h3-8,12,17,31H,9-10H2,1-2H3,(H,29,32). The van der Waals surface area contributed by atoms with Crippen LogP contribution in [-0.4, -0.2) is 56.0 Å². The molecule has 1 atom stereocenters. The molecule has 1 aliphatic rings. The summed E-state index contributed by atoms with van der Waals surface area (Å²) in [6.07, 6.45) is -1.51. The van der Waals surface area contributed by atoms with Gasteiger partial charge in [-0.05, 0) is 32.0 Å². The van der Waals surface area contributed by atoms with Crippen LogP contribution < -0.4 is 5.32 Å². The Labute approximate surface area is 196 Å². The Morgan fingerprint density at radius 1 is 1.12 bits per heavy atom. The molecular weight excluding hydrogens is 471 g/mol. The van der Waals surface area contributed by atoms with Crippen LogP contribution in [0.2, 0.25) is 0 Å². The summed E-state index contributed by atoms with van der Waals surface area (Å²) in [5.41, 5.74) is 1.34. The van der Waals surface area contributed by atoms with E-state index in [1.54, 1.807) is 25.3 Å². The van der Waals surface area contributed by atoms with Gasteiger partial charge in [0.05, 0.1) is 12.1 Å². The van der Waals surface area contributed by atoms with Crippen LogP contribution in [0, 0.1) is 6.92 Å². The zero-order valence-corrected chi connectivity index (χ0v) is 18.9. The van der Waals surface area contributed by atoms with Gasteiger partial charge in [-0.3, -0.25) is 9.59 Å². The van der Waals surface area contributed by atoms with Crippen LogP contribution in [0.5, 0.6) is 0 Å². The molecule has 1 aliphatic heterocycles. The fourth-order valence-corrected chi connectivity index (χ4v) is 4.12. The van der Waals surface area contributed by atoms with Crippen LogP contribution in [0.15, 0.2) is 36.8 Å². The number of benzene rings is 1. The van der Waals surface area contributed by atoms with Crippen LogP contribution in [0.1, 0.15) is 49.9 Å². The summed E-state index contributed by atoms with van der Waals surface area (Å²) in [6, 6.07) is 4.01. The van der Waals surface area contributed by atoms with Crippen LogP contribution in [0.4, 0.5) is 13.2 Å². The van der Waals surface area contributed by atoms with Gasteiger partial charge in [0.2, 0.25) is 5.82 Å². The number of rotatable bonds is 5. The molecule has 1 unspecified atom stereocenters. The summed E-state index contributed by atoms with van der Waals surface area (Å²) < 4.78 is 38.1. The minimum Gasteiger partial charge on any atom is -0.389 e. The Morgan fingerprint density at radius 3 is 2.32 bits per heavy atom. The Bertz CT molecular complexity index is 1220. The van der Waals surface area contributed by atoms with E-state index < -0.39 is 30.1 Å².